The molecule has 0 aliphatic rings. The van der Waals surface area contributed by atoms with E-state index in [-0.39, 0.29) is 5.75 Å². The average Bonchev–Trinajstić information content (AvgIpc) is 2.32. The summed E-state index contributed by atoms with van der Waals surface area (Å²) in [6.45, 7) is 5.99. The highest BCUT2D eigenvalue weighted by atomic mass is 32.2. The molecule has 1 aromatic rings. The van der Waals surface area contributed by atoms with Crippen molar-refractivity contribution < 1.29 is 8.42 Å². The summed E-state index contributed by atoms with van der Waals surface area (Å²) in [7, 11) is -1.24. The predicted octanol–water partition coefficient (Wildman–Crippen LogP) is 2.47. The molecule has 0 spiro atoms. The van der Waals surface area contributed by atoms with Gasteiger partial charge in [-0.25, -0.2) is 8.42 Å². The molecule has 0 aliphatic carbocycles. The highest BCUT2D eigenvalue weighted by Crippen LogP contribution is 2.17. The number of benzene rings is 1. The van der Waals surface area contributed by atoms with E-state index in [4.69, 9.17) is 0 Å². The summed E-state index contributed by atoms with van der Waals surface area (Å²) in [5, 5.41) is 3.11. The van der Waals surface area contributed by atoms with E-state index in [0.29, 0.717) is 17.4 Å². The molecule has 0 radical (unpaired) electrons. The highest BCUT2D eigenvalue weighted by Gasteiger charge is 2.15. The van der Waals surface area contributed by atoms with Gasteiger partial charge in [0.05, 0.1) is 10.6 Å². The molecule has 3 nitrogen and oxygen atoms in total. The van der Waals surface area contributed by atoms with E-state index in [1.54, 1.807) is 12.1 Å². The van der Waals surface area contributed by atoms with Gasteiger partial charge < -0.3 is 5.32 Å². The Kier molecular flexibility index (Phi) is 5.35. The fourth-order valence-electron chi connectivity index (χ4n) is 1.75. The van der Waals surface area contributed by atoms with Crippen LogP contribution in [0.4, 0.5) is 0 Å². The first-order valence-electron chi connectivity index (χ1n) is 6.34. The van der Waals surface area contributed by atoms with Crippen LogP contribution in [-0.2, 0) is 9.84 Å². The third kappa shape index (κ3) is 4.10. The Hall–Kier alpha value is -0.870. The van der Waals surface area contributed by atoms with Crippen molar-refractivity contribution in [2.24, 2.45) is 0 Å². The zero-order chi connectivity index (χ0) is 13.8. The zero-order valence-corrected chi connectivity index (χ0v) is 12.5. The Morgan fingerprint density at radius 3 is 2.44 bits per heavy atom. The number of hydrogen-bond donors (Lipinski definition) is 1. The Morgan fingerprint density at radius 1 is 1.22 bits per heavy atom. The maximum Gasteiger partial charge on any atom is 0.178 e. The SMILES string of the molecule is CNC(C)CCCS(=O)(=O)c1ccc(C)c(C)c1. The molecule has 0 heterocycles. The van der Waals surface area contributed by atoms with Gasteiger partial charge in [-0.1, -0.05) is 6.07 Å². The summed E-state index contributed by atoms with van der Waals surface area (Å²) < 4.78 is 24.3. The van der Waals surface area contributed by atoms with Gasteiger partial charge in [0, 0.05) is 6.04 Å². The summed E-state index contributed by atoms with van der Waals surface area (Å²) in [4.78, 5) is 0.447. The van der Waals surface area contributed by atoms with Crippen molar-refractivity contribution in [3.63, 3.8) is 0 Å². The smallest absolute Gasteiger partial charge is 0.178 e. The fraction of sp³-hybridized carbons (Fsp3) is 0.571. The summed E-state index contributed by atoms with van der Waals surface area (Å²) in [6, 6.07) is 5.71. The first-order valence-corrected chi connectivity index (χ1v) is 7.99. The molecule has 0 aliphatic heterocycles. The molecule has 1 aromatic carbocycles. The number of hydrogen-bond acceptors (Lipinski definition) is 3. The van der Waals surface area contributed by atoms with Crippen molar-refractivity contribution in [3.05, 3.63) is 29.3 Å². The minimum absolute atomic E-state index is 0.224. The van der Waals surface area contributed by atoms with Crippen molar-refractivity contribution in [3.8, 4) is 0 Å². The monoisotopic (exact) mass is 269 g/mol. The lowest BCUT2D eigenvalue weighted by Gasteiger charge is -2.10. The minimum atomic E-state index is -3.13. The largest absolute Gasteiger partial charge is 0.317 e. The van der Waals surface area contributed by atoms with E-state index in [0.717, 1.165) is 17.5 Å². The van der Waals surface area contributed by atoms with Crippen molar-refractivity contribution in [1.82, 2.24) is 5.32 Å². The normalized spacial score (nSPS) is 13.6. The molecule has 0 bridgehead atoms. The predicted molar refractivity (Wildman–Crippen MR) is 75.7 cm³/mol. The quantitative estimate of drug-likeness (QED) is 0.863. The molecule has 1 N–H and O–H groups in total. The molecule has 0 saturated heterocycles. The third-order valence-corrected chi connectivity index (χ3v) is 5.18. The van der Waals surface area contributed by atoms with Crippen molar-refractivity contribution in [2.75, 3.05) is 12.8 Å². The van der Waals surface area contributed by atoms with Crippen LogP contribution in [0.1, 0.15) is 30.9 Å². The van der Waals surface area contributed by atoms with Gasteiger partial charge in [-0.15, -0.1) is 0 Å². The van der Waals surface area contributed by atoms with Gasteiger partial charge in [0.15, 0.2) is 9.84 Å². The summed E-state index contributed by atoms with van der Waals surface area (Å²) in [5.41, 5.74) is 2.15. The van der Waals surface area contributed by atoms with Crippen LogP contribution in [-0.4, -0.2) is 27.3 Å². The van der Waals surface area contributed by atoms with Gasteiger partial charge in [0.25, 0.3) is 0 Å². The first kappa shape index (κ1) is 15.2. The summed E-state index contributed by atoms with van der Waals surface area (Å²) >= 11 is 0. The van der Waals surface area contributed by atoms with Crippen LogP contribution in [0.5, 0.6) is 0 Å². The Morgan fingerprint density at radius 2 is 1.89 bits per heavy atom. The average molecular weight is 269 g/mol. The van der Waals surface area contributed by atoms with Gasteiger partial charge in [0.1, 0.15) is 0 Å². The van der Waals surface area contributed by atoms with Crippen LogP contribution in [0.2, 0.25) is 0 Å². The molecule has 0 amide bonds. The molecule has 102 valence electrons. The molecule has 1 rings (SSSR count). The van der Waals surface area contributed by atoms with E-state index < -0.39 is 9.84 Å². The van der Waals surface area contributed by atoms with Crippen molar-refractivity contribution >= 4 is 9.84 Å². The molecule has 0 fully saturated rings. The molecular weight excluding hydrogens is 246 g/mol. The van der Waals surface area contributed by atoms with E-state index >= 15 is 0 Å². The van der Waals surface area contributed by atoms with Crippen LogP contribution >= 0.6 is 0 Å². The van der Waals surface area contributed by atoms with Crippen LogP contribution in [0, 0.1) is 13.8 Å². The molecule has 18 heavy (non-hydrogen) atoms. The van der Waals surface area contributed by atoms with Crippen molar-refractivity contribution in [2.45, 2.75) is 44.6 Å². The second-order valence-electron chi connectivity index (χ2n) is 4.90. The van der Waals surface area contributed by atoms with Crippen LogP contribution in [0.3, 0.4) is 0 Å². The molecule has 4 heteroatoms. The fourth-order valence-corrected chi connectivity index (χ4v) is 3.16. The standard InChI is InChI=1S/C14H23NO2S/c1-11-7-8-14(10-12(11)2)18(16,17)9-5-6-13(3)15-4/h7-8,10,13,15H,5-6,9H2,1-4H3. The van der Waals surface area contributed by atoms with E-state index in [1.165, 1.54) is 0 Å². The molecule has 0 aromatic heterocycles. The lowest BCUT2D eigenvalue weighted by molar-refractivity contribution is 0.548. The number of nitrogens with one attached hydrogen (secondary N) is 1. The van der Waals surface area contributed by atoms with Crippen LogP contribution < -0.4 is 5.32 Å². The lowest BCUT2D eigenvalue weighted by Crippen LogP contribution is -2.22. The van der Waals surface area contributed by atoms with Gasteiger partial charge >= 0.3 is 0 Å². The first-order chi connectivity index (χ1) is 8.36. The second kappa shape index (κ2) is 6.34. The maximum absolute atomic E-state index is 12.1. The minimum Gasteiger partial charge on any atom is -0.317 e. The zero-order valence-electron chi connectivity index (χ0n) is 11.7. The van der Waals surface area contributed by atoms with Gasteiger partial charge in [0.2, 0.25) is 0 Å². The maximum atomic E-state index is 12.1. The lowest BCUT2D eigenvalue weighted by atomic mass is 10.1. The molecule has 0 saturated carbocycles. The number of aryl methyl sites for hydroxylation is 2. The molecule has 1 atom stereocenters. The topological polar surface area (TPSA) is 46.2 Å². The highest BCUT2D eigenvalue weighted by molar-refractivity contribution is 7.91. The summed E-state index contributed by atoms with van der Waals surface area (Å²) in [5.74, 6) is 0.224. The van der Waals surface area contributed by atoms with E-state index in [2.05, 4.69) is 12.2 Å². The third-order valence-electron chi connectivity index (χ3n) is 3.38. The number of sulfone groups is 1. The van der Waals surface area contributed by atoms with Gasteiger partial charge in [-0.05, 0) is 63.9 Å². The van der Waals surface area contributed by atoms with Crippen molar-refractivity contribution in [1.29, 1.82) is 0 Å². The Labute approximate surface area is 111 Å². The van der Waals surface area contributed by atoms with Gasteiger partial charge in [-0.3, -0.25) is 0 Å². The van der Waals surface area contributed by atoms with Crippen LogP contribution in [0.15, 0.2) is 23.1 Å². The Bertz CT molecular complexity index is 495. The van der Waals surface area contributed by atoms with E-state index in [9.17, 15) is 8.42 Å². The second-order valence-corrected chi connectivity index (χ2v) is 7.01. The molecule has 1 unspecified atom stereocenters. The van der Waals surface area contributed by atoms with Crippen LogP contribution in [0.25, 0.3) is 0 Å². The number of rotatable bonds is 6. The summed E-state index contributed by atoms with van der Waals surface area (Å²) in [6.07, 6.45) is 1.57. The molecular formula is C14H23NO2S. The van der Waals surface area contributed by atoms with Gasteiger partial charge in [-0.2, -0.15) is 0 Å². The van der Waals surface area contributed by atoms with E-state index in [1.807, 2.05) is 27.0 Å². The Balaban J connectivity index is 2.71.